The van der Waals surface area contributed by atoms with Crippen LogP contribution in [0.15, 0.2) is 60.8 Å². The van der Waals surface area contributed by atoms with Gasteiger partial charge in [-0.2, -0.15) is 26.3 Å². The number of likely N-dealkylation sites (tertiary alicyclic amines) is 1. The van der Waals surface area contributed by atoms with Crippen LogP contribution >= 0.6 is 0 Å². The molecule has 2 aromatic carbocycles. The molecule has 1 spiro atoms. The monoisotopic (exact) mass is 688 g/mol. The normalized spacial score (nSPS) is 18.1. The average Bonchev–Trinajstić information content (AvgIpc) is 3.32. The molecule has 1 aromatic heterocycles. The number of carboxylic acids is 2. The van der Waals surface area contributed by atoms with Gasteiger partial charge in [-0.05, 0) is 62.7 Å². The first-order valence-corrected chi connectivity index (χ1v) is 14.4. The van der Waals surface area contributed by atoms with E-state index in [9.17, 15) is 40.3 Å². The van der Waals surface area contributed by atoms with Crippen LogP contribution in [0.25, 0.3) is 10.9 Å². The van der Waals surface area contributed by atoms with E-state index < -0.39 is 29.7 Å². The fourth-order valence-electron chi connectivity index (χ4n) is 5.50. The predicted molar refractivity (Wildman–Crippen MR) is 156 cm³/mol. The lowest BCUT2D eigenvalue weighted by Gasteiger charge is -2.41. The van der Waals surface area contributed by atoms with Crippen molar-refractivity contribution >= 4 is 34.7 Å². The SMILES string of the molecule is C[C@@H](CN1CCC2(CC1)C(=O)NCC2c1ccc(F)cc1)NC(=O)c1cnc2ccccc2c1.O=C(O)C(F)(F)F.O=C(O)C(F)(F)F. The Kier molecular flexibility index (Phi) is 12.1. The second-order valence-corrected chi connectivity index (χ2v) is 11.2. The zero-order valence-corrected chi connectivity index (χ0v) is 25.2. The van der Waals surface area contributed by atoms with Crippen LogP contribution in [0.3, 0.4) is 0 Å². The highest BCUT2D eigenvalue weighted by Gasteiger charge is 2.52. The molecule has 4 N–H and O–H groups in total. The summed E-state index contributed by atoms with van der Waals surface area (Å²) in [5.74, 6) is -5.75. The van der Waals surface area contributed by atoms with Crippen LogP contribution in [-0.2, 0) is 14.4 Å². The number of benzene rings is 2. The summed E-state index contributed by atoms with van der Waals surface area (Å²) in [6.07, 6.45) is -7.06. The van der Waals surface area contributed by atoms with E-state index in [1.165, 1.54) is 12.1 Å². The number of fused-ring (bicyclic) bond motifs is 1. The van der Waals surface area contributed by atoms with Gasteiger partial charge in [-0.3, -0.25) is 14.6 Å². The number of carbonyl (C=O) groups excluding carboxylic acids is 2. The molecule has 0 saturated carbocycles. The molecule has 5 rings (SSSR count). The Bertz CT molecular complexity index is 1580. The van der Waals surface area contributed by atoms with Crippen LogP contribution < -0.4 is 10.6 Å². The molecule has 3 aromatic rings. The number of halogens is 7. The number of rotatable bonds is 5. The lowest BCUT2D eigenvalue weighted by molar-refractivity contribution is -0.193. The maximum atomic E-state index is 13.4. The Morgan fingerprint density at radius 3 is 2.06 bits per heavy atom. The second-order valence-electron chi connectivity index (χ2n) is 11.2. The molecular weight excluding hydrogens is 657 g/mol. The van der Waals surface area contributed by atoms with Gasteiger partial charge in [-0.15, -0.1) is 0 Å². The number of amides is 2. The summed E-state index contributed by atoms with van der Waals surface area (Å²) in [4.78, 5) is 50.1. The van der Waals surface area contributed by atoms with Gasteiger partial charge in [-0.25, -0.2) is 14.0 Å². The molecule has 48 heavy (non-hydrogen) atoms. The van der Waals surface area contributed by atoms with Crippen LogP contribution in [0, 0.1) is 11.2 Å². The van der Waals surface area contributed by atoms with Crippen molar-refractivity contribution in [1.82, 2.24) is 20.5 Å². The molecule has 3 heterocycles. The zero-order valence-electron chi connectivity index (χ0n) is 25.2. The number of nitrogens with zero attached hydrogens (tertiary/aromatic N) is 2. The van der Waals surface area contributed by atoms with Crippen molar-refractivity contribution < 1.29 is 60.1 Å². The largest absolute Gasteiger partial charge is 0.490 e. The molecule has 1 unspecified atom stereocenters. The van der Waals surface area contributed by atoms with Crippen molar-refractivity contribution in [3.05, 3.63) is 77.7 Å². The first-order valence-electron chi connectivity index (χ1n) is 14.4. The van der Waals surface area contributed by atoms with Crippen molar-refractivity contribution in [2.24, 2.45) is 5.41 Å². The van der Waals surface area contributed by atoms with Crippen LogP contribution in [0.1, 0.15) is 41.6 Å². The lowest BCUT2D eigenvalue weighted by atomic mass is 9.68. The highest BCUT2D eigenvalue weighted by molar-refractivity contribution is 5.97. The Balaban J connectivity index is 0.000000376. The topological polar surface area (TPSA) is 149 Å². The summed E-state index contributed by atoms with van der Waals surface area (Å²) in [7, 11) is 0. The summed E-state index contributed by atoms with van der Waals surface area (Å²) < 4.78 is 76.9. The summed E-state index contributed by atoms with van der Waals surface area (Å²) in [6, 6.07) is 16.1. The van der Waals surface area contributed by atoms with Crippen LogP contribution in [0.2, 0.25) is 0 Å². The summed E-state index contributed by atoms with van der Waals surface area (Å²) >= 11 is 0. The molecule has 2 saturated heterocycles. The number of hydrogen-bond donors (Lipinski definition) is 4. The van der Waals surface area contributed by atoms with Crippen LogP contribution in [0.4, 0.5) is 30.7 Å². The second kappa shape index (κ2) is 15.4. The molecule has 0 aliphatic carbocycles. The number of hydrogen-bond acceptors (Lipinski definition) is 6. The molecule has 2 atom stereocenters. The molecule has 2 aliphatic rings. The number of aliphatic carboxylic acids is 2. The third-order valence-electron chi connectivity index (χ3n) is 7.85. The quantitative estimate of drug-likeness (QED) is 0.281. The molecule has 17 heteroatoms. The van der Waals surface area contributed by atoms with Gasteiger partial charge in [0.1, 0.15) is 5.82 Å². The summed E-state index contributed by atoms with van der Waals surface area (Å²) in [5, 5.41) is 21.3. The van der Waals surface area contributed by atoms with Gasteiger partial charge in [-0.1, -0.05) is 30.3 Å². The van der Waals surface area contributed by atoms with Crippen molar-refractivity contribution in [1.29, 1.82) is 0 Å². The van der Waals surface area contributed by atoms with Crippen molar-refractivity contribution in [3.63, 3.8) is 0 Å². The van der Waals surface area contributed by atoms with Gasteiger partial charge in [0.2, 0.25) is 5.91 Å². The molecule has 2 amide bonds. The number of piperidine rings is 1. The Labute approximate surface area is 268 Å². The number of nitrogens with one attached hydrogen (secondary N) is 2. The third kappa shape index (κ3) is 9.85. The maximum Gasteiger partial charge on any atom is 0.490 e. The van der Waals surface area contributed by atoms with Gasteiger partial charge in [0, 0.05) is 36.6 Å². The molecule has 0 bridgehead atoms. The maximum absolute atomic E-state index is 13.4. The number of para-hydroxylation sites is 1. The number of aromatic nitrogens is 1. The minimum Gasteiger partial charge on any atom is -0.475 e. The molecule has 0 radical (unpaired) electrons. The fourth-order valence-corrected chi connectivity index (χ4v) is 5.50. The molecule has 10 nitrogen and oxygen atoms in total. The zero-order chi connectivity index (χ0) is 35.9. The highest BCUT2D eigenvalue weighted by Crippen LogP contribution is 2.47. The van der Waals surface area contributed by atoms with E-state index in [1.54, 1.807) is 18.3 Å². The van der Waals surface area contributed by atoms with Gasteiger partial charge in [0.05, 0.1) is 16.5 Å². The molecular formula is C31H31F7N4O6. The van der Waals surface area contributed by atoms with Gasteiger partial charge >= 0.3 is 24.3 Å². The number of pyridine rings is 1. The van der Waals surface area contributed by atoms with Gasteiger partial charge in [0.25, 0.3) is 5.91 Å². The van der Waals surface area contributed by atoms with Crippen molar-refractivity contribution in [2.45, 2.75) is 44.1 Å². The number of carboxylic acid groups (broad SMARTS) is 2. The Hall–Kier alpha value is -4.80. The van der Waals surface area contributed by atoms with E-state index in [2.05, 4.69) is 20.5 Å². The smallest absolute Gasteiger partial charge is 0.475 e. The third-order valence-corrected chi connectivity index (χ3v) is 7.85. The van der Waals surface area contributed by atoms with Crippen LogP contribution in [-0.4, -0.2) is 88.4 Å². The first-order chi connectivity index (χ1) is 22.3. The van der Waals surface area contributed by atoms with E-state index in [0.717, 1.165) is 42.4 Å². The minimum atomic E-state index is -5.08. The molecule has 2 fully saturated rings. The van der Waals surface area contributed by atoms with Crippen LogP contribution in [0.5, 0.6) is 0 Å². The Morgan fingerprint density at radius 1 is 0.979 bits per heavy atom. The highest BCUT2D eigenvalue weighted by atomic mass is 19.4. The number of carbonyl (C=O) groups is 4. The lowest BCUT2D eigenvalue weighted by Crippen LogP contribution is -2.49. The fraction of sp³-hybridized carbons (Fsp3) is 0.387. The molecule has 2 aliphatic heterocycles. The van der Waals surface area contributed by atoms with Crippen molar-refractivity contribution in [3.8, 4) is 0 Å². The first kappa shape index (κ1) is 37.7. The van der Waals surface area contributed by atoms with Crippen molar-refractivity contribution in [2.75, 3.05) is 26.2 Å². The van der Waals surface area contributed by atoms with E-state index in [1.807, 2.05) is 37.3 Å². The predicted octanol–water partition coefficient (Wildman–Crippen LogP) is 4.75. The van der Waals surface area contributed by atoms with E-state index in [4.69, 9.17) is 19.8 Å². The average molecular weight is 689 g/mol. The Morgan fingerprint density at radius 2 is 1.52 bits per heavy atom. The summed E-state index contributed by atoms with van der Waals surface area (Å²) in [5.41, 5.74) is 1.98. The minimum absolute atomic E-state index is 0.0432. The van der Waals surface area contributed by atoms with E-state index in [0.29, 0.717) is 18.7 Å². The standard InChI is InChI=1S/C27H29FN4O2.2C2HF3O2/c1-18(31-25(33)21-14-20-4-2-3-5-24(20)29-15-21)17-32-12-10-27(11-13-32)23(16-30-26(27)34)19-6-8-22(28)9-7-19;2*3-2(4,5)1(6)7/h2-9,14-15,18,23H,10-13,16-17H2,1H3,(H,30,34)(H,31,33);2*(H,6,7)/t18-,23?;;/m0../s1. The summed E-state index contributed by atoms with van der Waals surface area (Å²) in [6.45, 7) is 4.87. The number of alkyl halides is 6. The van der Waals surface area contributed by atoms with E-state index in [-0.39, 0.29) is 29.6 Å². The molecule has 260 valence electrons. The van der Waals surface area contributed by atoms with E-state index >= 15 is 0 Å². The van der Waals surface area contributed by atoms with Gasteiger partial charge < -0.3 is 25.7 Å². The van der Waals surface area contributed by atoms with Gasteiger partial charge in [0.15, 0.2) is 0 Å².